The molecule has 0 saturated heterocycles. The van der Waals surface area contributed by atoms with E-state index in [2.05, 4.69) is 25.7 Å². The highest BCUT2D eigenvalue weighted by Crippen LogP contribution is 2.32. The molecule has 12 heteroatoms. The number of H-pyrrole nitrogens is 1. The van der Waals surface area contributed by atoms with E-state index in [0.29, 0.717) is 11.6 Å². The van der Waals surface area contributed by atoms with Gasteiger partial charge in [0.2, 0.25) is 0 Å². The highest BCUT2D eigenvalue weighted by Gasteiger charge is 2.35. The van der Waals surface area contributed by atoms with Gasteiger partial charge in [-0.25, -0.2) is 9.49 Å². The Hall–Kier alpha value is -3.83. The molecule has 2 N–H and O–H groups in total. The lowest BCUT2D eigenvalue weighted by Crippen LogP contribution is -2.19. The highest BCUT2D eigenvalue weighted by atomic mass is 19.4. The number of halogens is 4. The molecule has 0 bridgehead atoms. The molecule has 2 heterocycles. The van der Waals surface area contributed by atoms with E-state index in [-0.39, 0.29) is 11.4 Å². The predicted octanol–water partition coefficient (Wildman–Crippen LogP) is 3.07. The van der Waals surface area contributed by atoms with Crippen molar-refractivity contribution in [3.63, 3.8) is 0 Å². The second kappa shape index (κ2) is 7.66. The minimum Gasteiger partial charge on any atom is -0.437 e. The SMILES string of the molecule is Cc1cc(F)ccc1Oc1nnc(C(F)(F)F)cc1C(=O)Nc1cn[nH]c(=O)c1. The van der Waals surface area contributed by atoms with E-state index in [1.54, 1.807) is 0 Å². The lowest BCUT2D eigenvalue weighted by molar-refractivity contribution is -0.141. The number of amides is 1. The Morgan fingerprint density at radius 2 is 1.93 bits per heavy atom. The number of hydrogen-bond acceptors (Lipinski definition) is 6. The van der Waals surface area contributed by atoms with Crippen molar-refractivity contribution in [2.24, 2.45) is 0 Å². The first-order chi connectivity index (χ1) is 13.6. The molecule has 0 spiro atoms. The minimum atomic E-state index is -4.86. The number of nitrogens with one attached hydrogen (secondary N) is 2. The van der Waals surface area contributed by atoms with Crippen molar-refractivity contribution in [1.82, 2.24) is 20.4 Å². The maximum absolute atomic E-state index is 13.2. The standard InChI is InChI=1S/C17H11F4N5O3/c1-8-4-9(18)2-3-12(8)29-16-11(6-13(24-26-16)17(19,20)21)15(28)23-10-5-14(27)25-22-7-10/h2-7H,1H3,(H2,23,25,27,28). The van der Waals surface area contributed by atoms with E-state index in [1.807, 2.05) is 0 Å². The van der Waals surface area contributed by atoms with Crippen LogP contribution in [0.15, 0.2) is 41.3 Å². The molecule has 1 amide bonds. The van der Waals surface area contributed by atoms with Crippen LogP contribution in [0.3, 0.4) is 0 Å². The number of ether oxygens (including phenoxy) is 1. The van der Waals surface area contributed by atoms with E-state index < -0.39 is 40.6 Å². The van der Waals surface area contributed by atoms with Crippen molar-refractivity contribution in [3.8, 4) is 11.6 Å². The average Bonchev–Trinajstić information content (AvgIpc) is 2.63. The number of carbonyl (C=O) groups is 1. The van der Waals surface area contributed by atoms with Crippen LogP contribution in [0, 0.1) is 12.7 Å². The second-order valence-electron chi connectivity index (χ2n) is 5.75. The maximum atomic E-state index is 13.2. The Labute approximate surface area is 159 Å². The monoisotopic (exact) mass is 409 g/mol. The topological polar surface area (TPSA) is 110 Å². The zero-order valence-electron chi connectivity index (χ0n) is 14.5. The average molecular weight is 409 g/mol. The van der Waals surface area contributed by atoms with Crippen LogP contribution in [0.1, 0.15) is 21.6 Å². The van der Waals surface area contributed by atoms with Gasteiger partial charge in [-0.2, -0.15) is 18.3 Å². The fourth-order valence-corrected chi connectivity index (χ4v) is 2.23. The van der Waals surface area contributed by atoms with Crippen LogP contribution in [0.25, 0.3) is 0 Å². The molecule has 150 valence electrons. The molecule has 0 aliphatic heterocycles. The number of aryl methyl sites for hydroxylation is 1. The van der Waals surface area contributed by atoms with Crippen molar-refractivity contribution in [2.75, 3.05) is 5.32 Å². The molecule has 0 aliphatic carbocycles. The number of nitrogens with zero attached hydrogens (tertiary/aromatic N) is 3. The van der Waals surface area contributed by atoms with Crippen molar-refractivity contribution in [2.45, 2.75) is 13.1 Å². The summed E-state index contributed by atoms with van der Waals surface area (Å²) in [6, 6.07) is 4.87. The zero-order valence-corrected chi connectivity index (χ0v) is 14.5. The van der Waals surface area contributed by atoms with Crippen LogP contribution >= 0.6 is 0 Å². The molecule has 0 radical (unpaired) electrons. The van der Waals surface area contributed by atoms with Crippen molar-refractivity contribution in [3.05, 3.63) is 69.5 Å². The molecule has 1 aromatic carbocycles. The molecule has 3 aromatic rings. The Morgan fingerprint density at radius 1 is 1.17 bits per heavy atom. The first-order valence-corrected chi connectivity index (χ1v) is 7.88. The van der Waals surface area contributed by atoms with Crippen LogP contribution in [0.5, 0.6) is 11.6 Å². The smallest absolute Gasteiger partial charge is 0.435 e. The van der Waals surface area contributed by atoms with E-state index in [4.69, 9.17) is 4.74 Å². The number of benzene rings is 1. The van der Waals surface area contributed by atoms with Crippen molar-refractivity contribution >= 4 is 11.6 Å². The molecule has 3 rings (SSSR count). The second-order valence-corrected chi connectivity index (χ2v) is 5.75. The molecule has 8 nitrogen and oxygen atoms in total. The zero-order chi connectivity index (χ0) is 21.2. The van der Waals surface area contributed by atoms with E-state index in [1.165, 1.54) is 13.0 Å². The van der Waals surface area contributed by atoms with Gasteiger partial charge in [0.15, 0.2) is 5.69 Å². The molecular weight excluding hydrogens is 398 g/mol. The summed E-state index contributed by atoms with van der Waals surface area (Å²) >= 11 is 0. The number of aromatic amines is 1. The largest absolute Gasteiger partial charge is 0.437 e. The fourth-order valence-electron chi connectivity index (χ4n) is 2.23. The first kappa shape index (κ1) is 19.9. The molecule has 2 aromatic heterocycles. The minimum absolute atomic E-state index is 0.0620. The number of alkyl halides is 3. The van der Waals surface area contributed by atoms with Gasteiger partial charge >= 0.3 is 6.18 Å². The van der Waals surface area contributed by atoms with E-state index >= 15 is 0 Å². The molecule has 0 saturated carbocycles. The van der Waals surface area contributed by atoms with Gasteiger partial charge in [-0.05, 0) is 36.8 Å². The van der Waals surface area contributed by atoms with Crippen LogP contribution in [-0.2, 0) is 6.18 Å². The molecule has 0 fully saturated rings. The maximum Gasteiger partial charge on any atom is 0.435 e. The first-order valence-electron chi connectivity index (χ1n) is 7.88. The summed E-state index contributed by atoms with van der Waals surface area (Å²) in [6.07, 6.45) is -3.78. The summed E-state index contributed by atoms with van der Waals surface area (Å²) in [6.45, 7) is 1.50. The summed E-state index contributed by atoms with van der Waals surface area (Å²) in [5.74, 6) is -2.07. The number of rotatable bonds is 4. The number of anilines is 1. The van der Waals surface area contributed by atoms with Crippen molar-refractivity contribution < 1.29 is 27.1 Å². The summed E-state index contributed by atoms with van der Waals surface area (Å²) in [4.78, 5) is 23.8. The Bertz CT molecular complexity index is 1130. The van der Waals surface area contributed by atoms with Gasteiger partial charge in [0, 0.05) is 6.07 Å². The third kappa shape index (κ3) is 4.72. The van der Waals surface area contributed by atoms with Gasteiger partial charge < -0.3 is 10.1 Å². The highest BCUT2D eigenvalue weighted by molar-refractivity contribution is 6.05. The quantitative estimate of drug-likeness (QED) is 0.641. The van der Waals surface area contributed by atoms with Crippen LogP contribution in [0.2, 0.25) is 0 Å². The number of hydrogen-bond donors (Lipinski definition) is 2. The van der Waals surface area contributed by atoms with E-state index in [0.717, 1.165) is 24.4 Å². The summed E-state index contributed by atoms with van der Waals surface area (Å²) in [7, 11) is 0. The van der Waals surface area contributed by atoms with Crippen LogP contribution in [0.4, 0.5) is 23.2 Å². The van der Waals surface area contributed by atoms with E-state index in [9.17, 15) is 27.2 Å². The van der Waals surface area contributed by atoms with Crippen molar-refractivity contribution in [1.29, 1.82) is 0 Å². The predicted molar refractivity (Wildman–Crippen MR) is 91.1 cm³/mol. The molecule has 0 unspecified atom stereocenters. The molecule has 0 atom stereocenters. The normalized spacial score (nSPS) is 11.2. The summed E-state index contributed by atoms with van der Waals surface area (Å²) in [5.41, 5.74) is -2.40. The summed E-state index contributed by atoms with van der Waals surface area (Å²) in [5, 5.41) is 14.2. The lowest BCUT2D eigenvalue weighted by Gasteiger charge is -2.13. The van der Waals surface area contributed by atoms with Gasteiger partial charge in [-0.1, -0.05) is 0 Å². The Morgan fingerprint density at radius 3 is 2.59 bits per heavy atom. The lowest BCUT2D eigenvalue weighted by atomic mass is 10.2. The third-order valence-corrected chi connectivity index (χ3v) is 3.56. The van der Waals surface area contributed by atoms with Gasteiger partial charge in [0.05, 0.1) is 11.9 Å². The van der Waals surface area contributed by atoms with Gasteiger partial charge in [0.25, 0.3) is 17.3 Å². The van der Waals surface area contributed by atoms with Gasteiger partial charge in [-0.15, -0.1) is 10.2 Å². The van der Waals surface area contributed by atoms with Gasteiger partial charge in [0.1, 0.15) is 17.1 Å². The molecule has 29 heavy (non-hydrogen) atoms. The fraction of sp³-hybridized carbons (Fsp3) is 0.118. The van der Waals surface area contributed by atoms with Gasteiger partial charge in [-0.3, -0.25) is 9.59 Å². The number of carbonyl (C=O) groups excluding carboxylic acids is 1. The third-order valence-electron chi connectivity index (χ3n) is 3.56. The van der Waals surface area contributed by atoms with Crippen LogP contribution in [-0.4, -0.2) is 26.3 Å². The Kier molecular flexibility index (Phi) is 5.26. The van der Waals surface area contributed by atoms with Crippen LogP contribution < -0.4 is 15.6 Å². The molecule has 0 aliphatic rings. The summed E-state index contributed by atoms with van der Waals surface area (Å²) < 4.78 is 57.7. The Balaban J connectivity index is 2.01. The number of aromatic nitrogens is 4. The molecular formula is C17H11F4N5O3.